The quantitative estimate of drug-likeness (QED) is 0.586. The predicted molar refractivity (Wildman–Crippen MR) is 86.8 cm³/mol. The summed E-state index contributed by atoms with van der Waals surface area (Å²) in [5.74, 6) is 0. The minimum atomic E-state index is -2.51. The number of ether oxygens (including phenoxy) is 3. The van der Waals surface area contributed by atoms with Crippen LogP contribution in [0, 0.1) is 0 Å². The fraction of sp³-hybridized carbons (Fsp3) is 0.875. The van der Waals surface area contributed by atoms with Gasteiger partial charge in [0, 0.05) is 17.2 Å². The molecule has 0 aromatic rings. The van der Waals surface area contributed by atoms with Crippen molar-refractivity contribution in [2.75, 3.05) is 20.5 Å². The van der Waals surface area contributed by atoms with Crippen molar-refractivity contribution < 1.29 is 23.1 Å². The third-order valence-corrected chi connectivity index (χ3v) is 9.44. The lowest BCUT2D eigenvalue weighted by Gasteiger charge is -2.55. The number of hydrogen-bond acceptors (Lipinski definition) is 5. The maximum atomic E-state index is 6.68. The Morgan fingerprint density at radius 2 is 1.77 bits per heavy atom. The van der Waals surface area contributed by atoms with E-state index in [9.17, 15) is 0 Å². The van der Waals surface area contributed by atoms with Gasteiger partial charge in [-0.2, -0.15) is 0 Å². The molecule has 2 heterocycles. The SMILES string of the molecule is COCO[C@@H]1C=CO[C@@H]2CO[Si](C(C)(C)C)(C(C)(C)C)O[C@H]12. The summed E-state index contributed by atoms with van der Waals surface area (Å²) in [5.41, 5.74) is 0. The Kier molecular flexibility index (Phi) is 5.09. The fourth-order valence-corrected chi connectivity index (χ4v) is 8.49. The summed E-state index contributed by atoms with van der Waals surface area (Å²) in [6.07, 6.45) is 3.13. The zero-order valence-electron chi connectivity index (χ0n) is 14.8. The van der Waals surface area contributed by atoms with Gasteiger partial charge in [-0.05, 0) is 6.08 Å². The van der Waals surface area contributed by atoms with Crippen molar-refractivity contribution in [1.82, 2.24) is 0 Å². The average Bonchev–Trinajstić information content (AvgIpc) is 2.42. The summed E-state index contributed by atoms with van der Waals surface area (Å²) < 4.78 is 29.6. The van der Waals surface area contributed by atoms with Crippen LogP contribution >= 0.6 is 0 Å². The van der Waals surface area contributed by atoms with E-state index in [1.54, 1.807) is 13.4 Å². The first kappa shape index (κ1) is 17.9. The molecular weight excluding hydrogens is 300 g/mol. The van der Waals surface area contributed by atoms with Crippen LogP contribution in [-0.2, 0) is 23.1 Å². The van der Waals surface area contributed by atoms with E-state index in [1.165, 1.54) is 0 Å². The van der Waals surface area contributed by atoms with Gasteiger partial charge in [-0.25, -0.2) is 0 Å². The number of methoxy groups -OCH3 is 1. The van der Waals surface area contributed by atoms with Gasteiger partial charge in [0.05, 0.1) is 12.9 Å². The van der Waals surface area contributed by atoms with Crippen LogP contribution in [0.3, 0.4) is 0 Å². The summed E-state index contributed by atoms with van der Waals surface area (Å²) in [5, 5.41) is -0.105. The van der Waals surface area contributed by atoms with Gasteiger partial charge < -0.3 is 23.1 Å². The number of hydrogen-bond donors (Lipinski definition) is 0. The molecule has 0 aliphatic carbocycles. The van der Waals surface area contributed by atoms with Crippen LogP contribution in [0.1, 0.15) is 41.5 Å². The van der Waals surface area contributed by atoms with Crippen molar-refractivity contribution in [1.29, 1.82) is 0 Å². The highest BCUT2D eigenvalue weighted by molar-refractivity contribution is 6.73. The Bertz CT molecular complexity index is 396. The molecule has 2 rings (SSSR count). The molecule has 128 valence electrons. The molecular formula is C16H30O5Si. The second kappa shape index (κ2) is 6.24. The Labute approximate surface area is 135 Å². The molecule has 2 aliphatic rings. The third-order valence-electron chi connectivity index (χ3n) is 4.32. The van der Waals surface area contributed by atoms with Crippen molar-refractivity contribution in [2.24, 2.45) is 0 Å². The topological polar surface area (TPSA) is 46.2 Å². The molecule has 0 radical (unpaired) electrons. The van der Waals surface area contributed by atoms with E-state index >= 15 is 0 Å². The Hall–Kier alpha value is -0.403. The maximum absolute atomic E-state index is 6.68. The van der Waals surface area contributed by atoms with Gasteiger partial charge in [-0.15, -0.1) is 0 Å². The standard InChI is InChI=1S/C16H30O5Si/c1-15(2,3)22(16(4,5)6)20-10-13-14(21-22)12(8-9-18-13)19-11-17-7/h8-9,12-14H,10-11H2,1-7H3/t12-,13-,14-/m1/s1. The molecule has 6 heteroatoms. The number of fused-ring (bicyclic) bond motifs is 1. The minimum absolute atomic E-state index is 0.0524. The van der Waals surface area contributed by atoms with Gasteiger partial charge in [0.15, 0.2) is 0 Å². The maximum Gasteiger partial charge on any atom is 0.349 e. The third kappa shape index (κ3) is 3.12. The molecule has 0 unspecified atom stereocenters. The molecule has 0 N–H and O–H groups in total. The van der Waals surface area contributed by atoms with Crippen LogP contribution in [0.5, 0.6) is 0 Å². The van der Waals surface area contributed by atoms with Crippen LogP contribution in [-0.4, -0.2) is 47.4 Å². The van der Waals surface area contributed by atoms with E-state index in [0.717, 1.165) is 0 Å². The lowest BCUT2D eigenvalue weighted by molar-refractivity contribution is -0.160. The molecule has 1 saturated heterocycles. The first-order chi connectivity index (χ1) is 10.1. The van der Waals surface area contributed by atoms with Gasteiger partial charge in [-0.1, -0.05) is 41.5 Å². The summed E-state index contributed by atoms with van der Waals surface area (Å²) in [6.45, 7) is 14.0. The molecule has 2 aliphatic heterocycles. The van der Waals surface area contributed by atoms with Gasteiger partial charge >= 0.3 is 8.56 Å². The monoisotopic (exact) mass is 330 g/mol. The number of rotatable bonds is 3. The molecule has 0 spiro atoms. The Morgan fingerprint density at radius 3 is 2.32 bits per heavy atom. The highest BCUT2D eigenvalue weighted by Crippen LogP contribution is 2.54. The van der Waals surface area contributed by atoms with Crippen molar-refractivity contribution in [3.8, 4) is 0 Å². The van der Waals surface area contributed by atoms with Gasteiger partial charge in [0.25, 0.3) is 0 Å². The van der Waals surface area contributed by atoms with E-state index in [0.29, 0.717) is 6.61 Å². The van der Waals surface area contributed by atoms with Gasteiger partial charge in [0.2, 0.25) is 0 Å². The van der Waals surface area contributed by atoms with Crippen LogP contribution in [0.15, 0.2) is 12.3 Å². The smallest absolute Gasteiger partial charge is 0.349 e. The molecule has 0 aromatic heterocycles. The minimum Gasteiger partial charge on any atom is -0.493 e. The van der Waals surface area contributed by atoms with E-state index in [1.807, 2.05) is 6.08 Å². The largest absolute Gasteiger partial charge is 0.493 e. The molecule has 1 fully saturated rings. The molecule has 0 aromatic carbocycles. The zero-order valence-corrected chi connectivity index (χ0v) is 15.8. The second-order valence-corrected chi connectivity index (χ2v) is 12.8. The Morgan fingerprint density at radius 1 is 1.14 bits per heavy atom. The second-order valence-electron chi connectivity index (χ2n) is 8.05. The summed E-state index contributed by atoms with van der Waals surface area (Å²) in [6, 6.07) is 0. The lowest BCUT2D eigenvalue weighted by Crippen LogP contribution is -2.67. The van der Waals surface area contributed by atoms with E-state index in [4.69, 9.17) is 23.1 Å². The molecule has 0 saturated carbocycles. The highest BCUT2D eigenvalue weighted by atomic mass is 28.4. The molecule has 5 nitrogen and oxygen atoms in total. The van der Waals surface area contributed by atoms with Gasteiger partial charge in [-0.3, -0.25) is 0 Å². The van der Waals surface area contributed by atoms with Crippen LogP contribution < -0.4 is 0 Å². The highest BCUT2D eigenvalue weighted by Gasteiger charge is 2.63. The van der Waals surface area contributed by atoms with Crippen LogP contribution in [0.25, 0.3) is 0 Å². The van der Waals surface area contributed by atoms with Crippen molar-refractivity contribution >= 4 is 8.56 Å². The summed E-state index contributed by atoms with van der Waals surface area (Å²) in [4.78, 5) is 0. The Balaban J connectivity index is 2.29. The molecule has 0 bridgehead atoms. The zero-order chi connectivity index (χ0) is 16.6. The normalized spacial score (nSPS) is 31.5. The average molecular weight is 330 g/mol. The van der Waals surface area contributed by atoms with Crippen molar-refractivity contribution in [3.63, 3.8) is 0 Å². The predicted octanol–water partition coefficient (Wildman–Crippen LogP) is 3.35. The van der Waals surface area contributed by atoms with E-state index in [-0.39, 0.29) is 35.2 Å². The first-order valence-electron chi connectivity index (χ1n) is 7.87. The molecule has 22 heavy (non-hydrogen) atoms. The molecule has 3 atom stereocenters. The van der Waals surface area contributed by atoms with Gasteiger partial charge in [0.1, 0.15) is 25.1 Å². The van der Waals surface area contributed by atoms with Crippen LogP contribution in [0.4, 0.5) is 0 Å². The van der Waals surface area contributed by atoms with Crippen molar-refractivity contribution in [2.45, 2.75) is 69.9 Å². The fourth-order valence-electron chi connectivity index (χ4n) is 3.53. The van der Waals surface area contributed by atoms with E-state index < -0.39 is 8.56 Å². The first-order valence-corrected chi connectivity index (χ1v) is 9.68. The van der Waals surface area contributed by atoms with Crippen molar-refractivity contribution in [3.05, 3.63) is 12.3 Å². The lowest BCUT2D eigenvalue weighted by atomic mass is 10.1. The molecule has 0 amide bonds. The van der Waals surface area contributed by atoms with E-state index in [2.05, 4.69) is 41.5 Å². The summed E-state index contributed by atoms with van der Waals surface area (Å²) >= 11 is 0. The van der Waals surface area contributed by atoms with Crippen LogP contribution in [0.2, 0.25) is 10.1 Å². The summed E-state index contributed by atoms with van der Waals surface area (Å²) in [7, 11) is -0.890.